The number of hydrogen-bond donors (Lipinski definition) is 1. The Labute approximate surface area is 180 Å². The normalized spacial score (nSPS) is 11.9. The molecular weight excluding hydrogens is 392 g/mol. The SMILES string of the molecule is Cc1c(CCC(=O)NCc2cccnc2)c(=O)oc2cc3occ(C(C)(C)C)c3cc12. The number of aromatic nitrogens is 1. The van der Waals surface area contributed by atoms with Crippen molar-refractivity contribution >= 4 is 27.8 Å². The minimum Gasteiger partial charge on any atom is -0.464 e. The third-order valence-electron chi connectivity index (χ3n) is 5.60. The van der Waals surface area contributed by atoms with Gasteiger partial charge in [-0.25, -0.2) is 4.79 Å². The summed E-state index contributed by atoms with van der Waals surface area (Å²) in [5.41, 5.74) is 4.11. The van der Waals surface area contributed by atoms with Crippen LogP contribution in [0.3, 0.4) is 0 Å². The summed E-state index contributed by atoms with van der Waals surface area (Å²) in [4.78, 5) is 28.9. The molecule has 0 saturated heterocycles. The van der Waals surface area contributed by atoms with Crippen LogP contribution < -0.4 is 10.9 Å². The van der Waals surface area contributed by atoms with E-state index in [1.165, 1.54) is 0 Å². The topological polar surface area (TPSA) is 85.3 Å². The summed E-state index contributed by atoms with van der Waals surface area (Å²) in [5.74, 6) is -0.122. The van der Waals surface area contributed by atoms with Crippen LogP contribution in [0.4, 0.5) is 0 Å². The molecule has 1 amide bonds. The zero-order chi connectivity index (χ0) is 22.2. The lowest BCUT2D eigenvalue weighted by Gasteiger charge is -2.16. The first kappa shape index (κ1) is 20.8. The number of amides is 1. The van der Waals surface area contributed by atoms with Gasteiger partial charge in [0.25, 0.3) is 0 Å². The average Bonchev–Trinajstić information content (AvgIpc) is 3.15. The van der Waals surface area contributed by atoms with Crippen LogP contribution in [0, 0.1) is 6.92 Å². The van der Waals surface area contributed by atoms with Gasteiger partial charge in [-0.05, 0) is 42.0 Å². The number of nitrogens with zero attached hydrogens (tertiary/aromatic N) is 1. The van der Waals surface area contributed by atoms with Gasteiger partial charge in [-0.1, -0.05) is 26.8 Å². The molecule has 160 valence electrons. The summed E-state index contributed by atoms with van der Waals surface area (Å²) in [7, 11) is 0. The lowest BCUT2D eigenvalue weighted by molar-refractivity contribution is -0.121. The van der Waals surface area contributed by atoms with Crippen LogP contribution in [0.15, 0.2) is 56.6 Å². The lowest BCUT2D eigenvalue weighted by atomic mass is 9.86. The van der Waals surface area contributed by atoms with Gasteiger partial charge in [-0.15, -0.1) is 0 Å². The van der Waals surface area contributed by atoms with Gasteiger partial charge in [0.2, 0.25) is 5.91 Å². The van der Waals surface area contributed by atoms with Crippen LogP contribution in [-0.4, -0.2) is 10.9 Å². The van der Waals surface area contributed by atoms with Crippen molar-refractivity contribution in [2.24, 2.45) is 0 Å². The van der Waals surface area contributed by atoms with Gasteiger partial charge in [0.15, 0.2) is 0 Å². The molecule has 1 N–H and O–H groups in total. The Morgan fingerprint density at radius 3 is 2.68 bits per heavy atom. The predicted molar refractivity (Wildman–Crippen MR) is 120 cm³/mol. The molecule has 3 heterocycles. The fourth-order valence-corrected chi connectivity index (χ4v) is 3.81. The van der Waals surface area contributed by atoms with E-state index in [1.807, 2.05) is 25.1 Å². The van der Waals surface area contributed by atoms with Crippen LogP contribution in [0.2, 0.25) is 0 Å². The van der Waals surface area contributed by atoms with Crippen molar-refractivity contribution in [2.45, 2.75) is 52.5 Å². The zero-order valence-electron chi connectivity index (χ0n) is 18.2. The molecule has 6 nitrogen and oxygen atoms in total. The number of carbonyl (C=O) groups excluding carboxylic acids is 1. The van der Waals surface area contributed by atoms with Gasteiger partial charge in [0.05, 0.1) is 6.26 Å². The predicted octanol–water partition coefficient (Wildman–Crippen LogP) is 4.79. The highest BCUT2D eigenvalue weighted by molar-refractivity contribution is 5.96. The van der Waals surface area contributed by atoms with E-state index in [0.29, 0.717) is 29.7 Å². The Morgan fingerprint density at radius 1 is 1.16 bits per heavy atom. The van der Waals surface area contributed by atoms with E-state index in [4.69, 9.17) is 8.83 Å². The van der Waals surface area contributed by atoms with Gasteiger partial charge >= 0.3 is 5.63 Å². The molecule has 3 aromatic heterocycles. The molecule has 0 fully saturated rings. The van der Waals surface area contributed by atoms with Crippen LogP contribution >= 0.6 is 0 Å². The summed E-state index contributed by atoms with van der Waals surface area (Å²) in [6.07, 6.45) is 5.70. The number of rotatable bonds is 5. The minimum absolute atomic E-state index is 0.0718. The molecule has 0 aliphatic carbocycles. The number of benzene rings is 1. The van der Waals surface area contributed by atoms with Gasteiger partial charge in [-0.3, -0.25) is 9.78 Å². The number of carbonyl (C=O) groups is 1. The second-order valence-corrected chi connectivity index (χ2v) is 8.87. The second kappa shape index (κ2) is 8.02. The van der Waals surface area contributed by atoms with Crippen LogP contribution in [0.5, 0.6) is 0 Å². The third-order valence-corrected chi connectivity index (χ3v) is 5.60. The molecule has 0 aliphatic rings. The second-order valence-electron chi connectivity index (χ2n) is 8.87. The van der Waals surface area contributed by atoms with Crippen LogP contribution in [-0.2, 0) is 23.2 Å². The number of furan rings is 1. The fourth-order valence-electron chi connectivity index (χ4n) is 3.81. The highest BCUT2D eigenvalue weighted by Crippen LogP contribution is 2.35. The van der Waals surface area contributed by atoms with Crippen molar-refractivity contribution in [3.8, 4) is 0 Å². The van der Waals surface area contributed by atoms with E-state index < -0.39 is 5.63 Å². The van der Waals surface area contributed by atoms with Crippen molar-refractivity contribution in [3.05, 3.63) is 75.6 Å². The maximum atomic E-state index is 12.6. The Balaban J connectivity index is 1.59. The molecule has 0 radical (unpaired) electrons. The van der Waals surface area contributed by atoms with Crippen molar-refractivity contribution in [3.63, 3.8) is 0 Å². The molecule has 4 aromatic rings. The molecule has 1 aromatic carbocycles. The van der Waals surface area contributed by atoms with E-state index in [0.717, 1.165) is 27.5 Å². The van der Waals surface area contributed by atoms with Gasteiger partial charge in [0.1, 0.15) is 11.2 Å². The first-order valence-electron chi connectivity index (χ1n) is 10.4. The molecule has 0 unspecified atom stereocenters. The van der Waals surface area contributed by atoms with E-state index in [1.54, 1.807) is 24.7 Å². The standard InChI is InChI=1S/C25H26N2O4/c1-15-17(7-8-23(28)27-13-16-6-5-9-26-12-16)24(29)31-22-11-21-19(10-18(15)22)20(14-30-21)25(2,3)4/h5-6,9-12,14H,7-8,13H2,1-4H3,(H,27,28). The third kappa shape index (κ3) is 4.24. The van der Waals surface area contributed by atoms with Crippen LogP contribution in [0.25, 0.3) is 21.9 Å². The highest BCUT2D eigenvalue weighted by Gasteiger charge is 2.21. The molecule has 0 bridgehead atoms. The smallest absolute Gasteiger partial charge is 0.339 e. The average molecular weight is 418 g/mol. The van der Waals surface area contributed by atoms with Crippen molar-refractivity contribution < 1.29 is 13.6 Å². The zero-order valence-corrected chi connectivity index (χ0v) is 18.2. The largest absolute Gasteiger partial charge is 0.464 e. The Morgan fingerprint density at radius 2 is 1.97 bits per heavy atom. The van der Waals surface area contributed by atoms with E-state index >= 15 is 0 Å². The monoisotopic (exact) mass is 418 g/mol. The summed E-state index contributed by atoms with van der Waals surface area (Å²) in [5, 5.41) is 4.74. The molecule has 0 aliphatic heterocycles. The minimum atomic E-state index is -0.410. The fraction of sp³-hybridized carbons (Fsp3) is 0.320. The first-order chi connectivity index (χ1) is 14.7. The van der Waals surface area contributed by atoms with Crippen LogP contribution in [0.1, 0.15) is 49.4 Å². The molecule has 0 saturated carbocycles. The summed E-state index contributed by atoms with van der Waals surface area (Å²) in [6.45, 7) is 8.72. The molecule has 4 rings (SSSR count). The number of fused-ring (bicyclic) bond motifs is 2. The highest BCUT2D eigenvalue weighted by atomic mass is 16.4. The van der Waals surface area contributed by atoms with Crippen molar-refractivity contribution in [1.82, 2.24) is 10.3 Å². The van der Waals surface area contributed by atoms with Gasteiger partial charge < -0.3 is 14.2 Å². The van der Waals surface area contributed by atoms with E-state index in [-0.39, 0.29) is 17.7 Å². The maximum absolute atomic E-state index is 12.6. The van der Waals surface area contributed by atoms with E-state index in [2.05, 4.69) is 31.1 Å². The lowest BCUT2D eigenvalue weighted by Crippen LogP contribution is -2.24. The number of nitrogens with one attached hydrogen (secondary N) is 1. The summed E-state index contributed by atoms with van der Waals surface area (Å²) >= 11 is 0. The number of pyridine rings is 1. The first-order valence-corrected chi connectivity index (χ1v) is 10.4. The Kier molecular flexibility index (Phi) is 5.39. The summed E-state index contributed by atoms with van der Waals surface area (Å²) in [6, 6.07) is 7.53. The summed E-state index contributed by atoms with van der Waals surface area (Å²) < 4.78 is 11.3. The molecule has 0 spiro atoms. The molecular formula is C25H26N2O4. The Bertz CT molecular complexity index is 1310. The number of aryl methyl sites for hydroxylation is 1. The molecule has 6 heteroatoms. The quantitative estimate of drug-likeness (QED) is 0.471. The van der Waals surface area contributed by atoms with Gasteiger partial charge in [-0.2, -0.15) is 0 Å². The molecule has 0 atom stereocenters. The Hall–Kier alpha value is -3.41. The van der Waals surface area contributed by atoms with Crippen molar-refractivity contribution in [2.75, 3.05) is 0 Å². The molecule has 31 heavy (non-hydrogen) atoms. The number of hydrogen-bond acceptors (Lipinski definition) is 5. The van der Waals surface area contributed by atoms with Gasteiger partial charge in [0, 0.05) is 53.3 Å². The van der Waals surface area contributed by atoms with Crippen molar-refractivity contribution in [1.29, 1.82) is 0 Å². The maximum Gasteiger partial charge on any atom is 0.339 e. The van der Waals surface area contributed by atoms with E-state index in [9.17, 15) is 9.59 Å².